The van der Waals surface area contributed by atoms with Crippen molar-refractivity contribution in [2.45, 2.75) is 32.2 Å². The smallest absolute Gasteiger partial charge is 0.228 e. The van der Waals surface area contributed by atoms with Crippen LogP contribution in [0.3, 0.4) is 0 Å². The van der Waals surface area contributed by atoms with Crippen molar-refractivity contribution in [1.29, 1.82) is 0 Å². The molecule has 1 unspecified atom stereocenters. The predicted molar refractivity (Wildman–Crippen MR) is 77.4 cm³/mol. The minimum Gasteiger partial charge on any atom is -0.397 e. The molecule has 1 amide bonds. The number of rotatable bonds is 6. The number of methoxy groups -OCH3 is 1. The van der Waals surface area contributed by atoms with Crippen LogP contribution in [-0.2, 0) is 16.0 Å². The molecule has 2 rings (SSSR count). The molecule has 1 aliphatic rings. The molecule has 0 bridgehead atoms. The Balaban J connectivity index is 2.16. The Hall–Kier alpha value is -1.75. The number of carbonyl (C=O) groups is 1. The molecule has 5 heteroatoms. The van der Waals surface area contributed by atoms with Gasteiger partial charge in [0, 0.05) is 18.8 Å². The molecule has 0 fully saturated rings. The van der Waals surface area contributed by atoms with Gasteiger partial charge in [-0.3, -0.25) is 4.79 Å². The summed E-state index contributed by atoms with van der Waals surface area (Å²) in [5, 5.41) is 6.23. The average Bonchev–Trinajstić information content (AvgIpc) is 2.69. The second-order valence-corrected chi connectivity index (χ2v) is 4.91. The molecule has 1 heterocycles. The molecule has 19 heavy (non-hydrogen) atoms. The van der Waals surface area contributed by atoms with E-state index in [1.807, 2.05) is 12.1 Å². The third-order valence-electron chi connectivity index (χ3n) is 3.27. The summed E-state index contributed by atoms with van der Waals surface area (Å²) in [5.74, 6) is 0.0218. The fourth-order valence-electron chi connectivity index (χ4n) is 2.39. The van der Waals surface area contributed by atoms with Crippen molar-refractivity contribution in [1.82, 2.24) is 0 Å². The van der Waals surface area contributed by atoms with Crippen LogP contribution in [0.1, 0.15) is 25.3 Å². The maximum atomic E-state index is 11.4. The lowest BCUT2D eigenvalue weighted by molar-refractivity contribution is -0.115. The van der Waals surface area contributed by atoms with Crippen LogP contribution in [0, 0.1) is 0 Å². The number of anilines is 3. The summed E-state index contributed by atoms with van der Waals surface area (Å²) >= 11 is 0. The largest absolute Gasteiger partial charge is 0.397 e. The highest BCUT2D eigenvalue weighted by Gasteiger charge is 2.20. The normalized spacial score (nSPS) is 14.9. The Morgan fingerprint density at radius 1 is 1.53 bits per heavy atom. The topological polar surface area (TPSA) is 76.4 Å². The molecule has 0 aliphatic carbocycles. The SMILES string of the molecule is CCCC(COC)Nc1cc2c(cc1N)CC(=O)N2. The zero-order valence-electron chi connectivity index (χ0n) is 11.5. The highest BCUT2D eigenvalue weighted by atomic mass is 16.5. The van der Waals surface area contributed by atoms with Crippen molar-refractivity contribution < 1.29 is 9.53 Å². The number of hydrogen-bond donors (Lipinski definition) is 3. The molecule has 0 spiro atoms. The molecule has 4 N–H and O–H groups in total. The van der Waals surface area contributed by atoms with Gasteiger partial charge in [-0.1, -0.05) is 13.3 Å². The van der Waals surface area contributed by atoms with Crippen molar-refractivity contribution in [2.24, 2.45) is 0 Å². The summed E-state index contributed by atoms with van der Waals surface area (Å²) in [6.07, 6.45) is 2.50. The molecule has 104 valence electrons. The van der Waals surface area contributed by atoms with E-state index in [4.69, 9.17) is 10.5 Å². The minimum absolute atomic E-state index is 0.0218. The van der Waals surface area contributed by atoms with Crippen LogP contribution in [-0.4, -0.2) is 25.7 Å². The molecule has 1 aromatic rings. The summed E-state index contributed by atoms with van der Waals surface area (Å²) in [5.41, 5.74) is 9.39. The first kappa shape index (κ1) is 13.7. The van der Waals surface area contributed by atoms with E-state index in [0.717, 1.165) is 29.8 Å². The number of nitrogens with one attached hydrogen (secondary N) is 2. The number of nitrogens with two attached hydrogens (primary N) is 1. The van der Waals surface area contributed by atoms with Gasteiger partial charge in [0.1, 0.15) is 0 Å². The average molecular weight is 263 g/mol. The van der Waals surface area contributed by atoms with Gasteiger partial charge >= 0.3 is 0 Å². The van der Waals surface area contributed by atoms with E-state index >= 15 is 0 Å². The molecular formula is C14H21N3O2. The molecule has 1 atom stereocenters. The first-order chi connectivity index (χ1) is 9.13. The molecule has 5 nitrogen and oxygen atoms in total. The van der Waals surface area contributed by atoms with Gasteiger partial charge in [0.2, 0.25) is 5.91 Å². The summed E-state index contributed by atoms with van der Waals surface area (Å²) in [6.45, 7) is 2.77. The zero-order chi connectivity index (χ0) is 13.8. The number of hydrogen-bond acceptors (Lipinski definition) is 4. The summed E-state index contributed by atoms with van der Waals surface area (Å²) in [4.78, 5) is 11.4. The second kappa shape index (κ2) is 5.93. The molecule has 0 saturated carbocycles. The van der Waals surface area contributed by atoms with Crippen LogP contribution in [0.2, 0.25) is 0 Å². The number of nitrogen functional groups attached to an aromatic ring is 1. The monoisotopic (exact) mass is 263 g/mol. The molecular weight excluding hydrogens is 242 g/mol. The Bertz CT molecular complexity index is 468. The van der Waals surface area contributed by atoms with E-state index in [9.17, 15) is 4.79 Å². The number of benzene rings is 1. The zero-order valence-corrected chi connectivity index (χ0v) is 11.5. The Morgan fingerprint density at radius 2 is 2.32 bits per heavy atom. The van der Waals surface area contributed by atoms with Gasteiger partial charge in [0.05, 0.1) is 24.4 Å². The van der Waals surface area contributed by atoms with Crippen LogP contribution in [0.25, 0.3) is 0 Å². The van der Waals surface area contributed by atoms with Crippen LogP contribution < -0.4 is 16.4 Å². The van der Waals surface area contributed by atoms with Crippen molar-refractivity contribution in [2.75, 3.05) is 30.1 Å². The van der Waals surface area contributed by atoms with E-state index in [1.165, 1.54) is 0 Å². The summed E-state index contributed by atoms with van der Waals surface area (Å²) in [6, 6.07) is 4.01. The maximum Gasteiger partial charge on any atom is 0.228 e. The fourth-order valence-corrected chi connectivity index (χ4v) is 2.39. The Kier molecular flexibility index (Phi) is 4.27. The number of amides is 1. The van der Waals surface area contributed by atoms with Crippen LogP contribution in [0.15, 0.2) is 12.1 Å². The third kappa shape index (κ3) is 3.17. The van der Waals surface area contributed by atoms with E-state index < -0.39 is 0 Å². The summed E-state index contributed by atoms with van der Waals surface area (Å²) < 4.78 is 5.21. The van der Waals surface area contributed by atoms with Gasteiger partial charge in [-0.05, 0) is 24.1 Å². The lowest BCUT2D eigenvalue weighted by atomic mass is 10.1. The van der Waals surface area contributed by atoms with Crippen molar-refractivity contribution in [3.8, 4) is 0 Å². The second-order valence-electron chi connectivity index (χ2n) is 4.91. The highest BCUT2D eigenvalue weighted by Crippen LogP contribution is 2.32. The first-order valence-corrected chi connectivity index (χ1v) is 6.61. The van der Waals surface area contributed by atoms with E-state index in [2.05, 4.69) is 17.6 Å². The van der Waals surface area contributed by atoms with Gasteiger partial charge < -0.3 is 21.1 Å². The minimum atomic E-state index is 0.0218. The molecule has 0 aromatic heterocycles. The Labute approximate surface area is 113 Å². The van der Waals surface area contributed by atoms with Gasteiger partial charge in [-0.15, -0.1) is 0 Å². The van der Waals surface area contributed by atoms with Gasteiger partial charge in [-0.25, -0.2) is 0 Å². The highest BCUT2D eigenvalue weighted by molar-refractivity contribution is 6.00. The first-order valence-electron chi connectivity index (χ1n) is 6.61. The molecule has 0 saturated heterocycles. The van der Waals surface area contributed by atoms with Crippen molar-refractivity contribution >= 4 is 23.0 Å². The number of fused-ring (bicyclic) bond motifs is 1. The number of carbonyl (C=O) groups excluding carboxylic acids is 1. The van der Waals surface area contributed by atoms with Crippen molar-refractivity contribution in [3.63, 3.8) is 0 Å². The van der Waals surface area contributed by atoms with E-state index in [-0.39, 0.29) is 11.9 Å². The quantitative estimate of drug-likeness (QED) is 0.686. The lowest BCUT2D eigenvalue weighted by Crippen LogP contribution is -2.25. The Morgan fingerprint density at radius 3 is 3.00 bits per heavy atom. The van der Waals surface area contributed by atoms with Gasteiger partial charge in [-0.2, -0.15) is 0 Å². The van der Waals surface area contributed by atoms with Crippen LogP contribution in [0.5, 0.6) is 0 Å². The van der Waals surface area contributed by atoms with E-state index in [1.54, 1.807) is 7.11 Å². The maximum absolute atomic E-state index is 11.4. The number of ether oxygens (including phenoxy) is 1. The van der Waals surface area contributed by atoms with Gasteiger partial charge in [0.15, 0.2) is 0 Å². The predicted octanol–water partition coefficient (Wildman–Crippen LogP) is 1.99. The standard InChI is InChI=1S/C14H21N3O2/c1-3-4-10(8-19-2)16-13-7-12-9(5-11(13)15)6-14(18)17-12/h5,7,10,16H,3-4,6,8,15H2,1-2H3,(H,17,18). The molecule has 1 aromatic carbocycles. The third-order valence-corrected chi connectivity index (χ3v) is 3.27. The molecule has 0 radical (unpaired) electrons. The van der Waals surface area contributed by atoms with E-state index in [0.29, 0.717) is 18.7 Å². The molecule has 1 aliphatic heterocycles. The van der Waals surface area contributed by atoms with Crippen molar-refractivity contribution in [3.05, 3.63) is 17.7 Å². The lowest BCUT2D eigenvalue weighted by Gasteiger charge is -2.20. The van der Waals surface area contributed by atoms with Crippen LogP contribution in [0.4, 0.5) is 17.1 Å². The fraction of sp³-hybridized carbons (Fsp3) is 0.500. The van der Waals surface area contributed by atoms with Gasteiger partial charge in [0.25, 0.3) is 0 Å². The summed E-state index contributed by atoms with van der Waals surface area (Å²) in [7, 11) is 1.69. The van der Waals surface area contributed by atoms with Crippen LogP contribution >= 0.6 is 0 Å².